The van der Waals surface area contributed by atoms with Crippen molar-refractivity contribution < 1.29 is 13.9 Å². The standard InChI is InChI=1S/C24H27N3O4/c1-30-22-9-3-2-8-20(22)27-15-13-26(14-16-27)12-5-11-25-24(29)19-7-4-6-18-21(28)10-17-31-23(18)19/h2-4,6-10,17H,5,11-16H2,1H3,(H,25,29). The smallest absolute Gasteiger partial charge is 0.255 e. The lowest BCUT2D eigenvalue weighted by Crippen LogP contribution is -2.47. The Kier molecular flexibility index (Phi) is 6.52. The Hall–Kier alpha value is -3.32. The van der Waals surface area contributed by atoms with Gasteiger partial charge in [0, 0.05) is 38.8 Å². The van der Waals surface area contributed by atoms with E-state index in [0.29, 0.717) is 23.1 Å². The number of fused-ring (bicyclic) bond motifs is 1. The van der Waals surface area contributed by atoms with Crippen LogP contribution in [0.25, 0.3) is 11.0 Å². The van der Waals surface area contributed by atoms with E-state index in [0.717, 1.165) is 50.6 Å². The van der Waals surface area contributed by atoms with E-state index in [1.807, 2.05) is 18.2 Å². The van der Waals surface area contributed by atoms with Crippen LogP contribution in [0.4, 0.5) is 5.69 Å². The van der Waals surface area contributed by atoms with Crippen LogP contribution in [0, 0.1) is 0 Å². The van der Waals surface area contributed by atoms with Crippen LogP contribution in [0.2, 0.25) is 0 Å². The number of nitrogens with zero attached hydrogens (tertiary/aromatic N) is 2. The highest BCUT2D eigenvalue weighted by Gasteiger charge is 2.19. The van der Waals surface area contributed by atoms with Gasteiger partial charge in [-0.15, -0.1) is 0 Å². The Morgan fingerprint density at radius 2 is 1.87 bits per heavy atom. The van der Waals surface area contributed by atoms with Crippen LogP contribution >= 0.6 is 0 Å². The fourth-order valence-corrected chi connectivity index (χ4v) is 3.99. The first kappa shape index (κ1) is 20.9. The summed E-state index contributed by atoms with van der Waals surface area (Å²) >= 11 is 0. The first-order chi connectivity index (χ1) is 15.2. The largest absolute Gasteiger partial charge is 0.495 e. The van der Waals surface area contributed by atoms with Crippen LogP contribution in [0.15, 0.2) is 64.0 Å². The number of piperazine rings is 1. The topological polar surface area (TPSA) is 75.0 Å². The van der Waals surface area contributed by atoms with Gasteiger partial charge in [-0.25, -0.2) is 0 Å². The molecule has 1 N–H and O–H groups in total. The van der Waals surface area contributed by atoms with Gasteiger partial charge in [0.25, 0.3) is 5.91 Å². The van der Waals surface area contributed by atoms with Crippen molar-refractivity contribution in [2.24, 2.45) is 0 Å². The van der Waals surface area contributed by atoms with E-state index in [4.69, 9.17) is 9.15 Å². The molecule has 1 aliphatic rings. The maximum absolute atomic E-state index is 12.6. The van der Waals surface area contributed by atoms with Crippen molar-refractivity contribution in [3.63, 3.8) is 0 Å². The average molecular weight is 421 g/mol. The molecule has 3 aromatic rings. The number of methoxy groups -OCH3 is 1. The highest BCUT2D eigenvalue weighted by molar-refractivity contribution is 6.04. The van der Waals surface area contributed by atoms with E-state index in [1.54, 1.807) is 25.3 Å². The molecule has 0 radical (unpaired) electrons. The number of rotatable bonds is 7. The fourth-order valence-electron chi connectivity index (χ4n) is 3.99. The maximum Gasteiger partial charge on any atom is 0.255 e. The molecule has 1 saturated heterocycles. The molecular formula is C24H27N3O4. The van der Waals surface area contributed by atoms with Gasteiger partial charge in [0.1, 0.15) is 11.3 Å². The second-order valence-electron chi connectivity index (χ2n) is 7.58. The third-order valence-electron chi connectivity index (χ3n) is 5.67. The number of hydrogen-bond acceptors (Lipinski definition) is 6. The SMILES string of the molecule is COc1ccccc1N1CCN(CCCNC(=O)c2cccc3c(=O)ccoc23)CC1. The molecule has 7 nitrogen and oxygen atoms in total. The third kappa shape index (κ3) is 4.72. The maximum atomic E-state index is 12.6. The lowest BCUT2D eigenvalue weighted by atomic mass is 10.1. The van der Waals surface area contributed by atoms with Crippen LogP contribution in [0.3, 0.4) is 0 Å². The Bertz CT molecular complexity index is 1100. The van der Waals surface area contributed by atoms with Crippen molar-refractivity contribution in [3.8, 4) is 5.75 Å². The molecular weight excluding hydrogens is 394 g/mol. The van der Waals surface area contributed by atoms with Gasteiger partial charge in [-0.05, 0) is 37.2 Å². The van der Waals surface area contributed by atoms with Crippen molar-refractivity contribution in [1.82, 2.24) is 10.2 Å². The molecule has 31 heavy (non-hydrogen) atoms. The number of carbonyl (C=O) groups is 1. The van der Waals surface area contributed by atoms with E-state index >= 15 is 0 Å². The number of hydrogen-bond donors (Lipinski definition) is 1. The van der Waals surface area contributed by atoms with Crippen LogP contribution in [0.5, 0.6) is 5.75 Å². The van der Waals surface area contributed by atoms with E-state index in [1.165, 1.54) is 12.3 Å². The Morgan fingerprint density at radius 3 is 2.68 bits per heavy atom. The highest BCUT2D eigenvalue weighted by Crippen LogP contribution is 2.28. The molecule has 2 aromatic carbocycles. The first-order valence-electron chi connectivity index (χ1n) is 10.6. The molecule has 1 fully saturated rings. The van der Waals surface area contributed by atoms with Gasteiger partial charge >= 0.3 is 0 Å². The zero-order valence-electron chi connectivity index (χ0n) is 17.7. The van der Waals surface area contributed by atoms with Gasteiger partial charge < -0.3 is 19.4 Å². The summed E-state index contributed by atoms with van der Waals surface area (Å²) in [5.41, 5.74) is 1.71. The molecule has 0 aliphatic carbocycles. The molecule has 1 aromatic heterocycles. The zero-order valence-corrected chi connectivity index (χ0v) is 17.7. The Balaban J connectivity index is 1.25. The van der Waals surface area contributed by atoms with Crippen molar-refractivity contribution in [3.05, 3.63) is 70.6 Å². The van der Waals surface area contributed by atoms with E-state index < -0.39 is 0 Å². The Labute approximate surface area is 181 Å². The molecule has 1 aliphatic heterocycles. The summed E-state index contributed by atoms with van der Waals surface area (Å²) in [7, 11) is 1.70. The second-order valence-corrected chi connectivity index (χ2v) is 7.58. The van der Waals surface area contributed by atoms with E-state index in [2.05, 4.69) is 21.2 Å². The Morgan fingerprint density at radius 1 is 1.06 bits per heavy atom. The van der Waals surface area contributed by atoms with Crippen molar-refractivity contribution >= 4 is 22.6 Å². The molecule has 7 heteroatoms. The van der Waals surface area contributed by atoms with Gasteiger partial charge in [-0.2, -0.15) is 0 Å². The molecule has 0 spiro atoms. The van der Waals surface area contributed by atoms with Gasteiger partial charge in [-0.3, -0.25) is 14.5 Å². The summed E-state index contributed by atoms with van der Waals surface area (Å²) in [4.78, 5) is 29.3. The number of nitrogens with one attached hydrogen (secondary N) is 1. The molecule has 162 valence electrons. The van der Waals surface area contributed by atoms with E-state index in [-0.39, 0.29) is 11.3 Å². The minimum atomic E-state index is -0.221. The van der Waals surface area contributed by atoms with Crippen LogP contribution in [0.1, 0.15) is 16.8 Å². The third-order valence-corrected chi connectivity index (χ3v) is 5.67. The van der Waals surface area contributed by atoms with Crippen molar-refractivity contribution in [2.75, 3.05) is 51.3 Å². The number of carbonyl (C=O) groups excluding carboxylic acids is 1. The summed E-state index contributed by atoms with van der Waals surface area (Å²) in [6, 6.07) is 14.5. The average Bonchev–Trinajstić information content (AvgIpc) is 2.82. The summed E-state index contributed by atoms with van der Waals surface area (Å²) in [6.45, 7) is 5.33. The predicted molar refractivity (Wildman–Crippen MR) is 121 cm³/mol. The normalized spacial score (nSPS) is 14.5. The van der Waals surface area contributed by atoms with Gasteiger partial charge in [-0.1, -0.05) is 18.2 Å². The van der Waals surface area contributed by atoms with Crippen molar-refractivity contribution in [1.29, 1.82) is 0 Å². The summed E-state index contributed by atoms with van der Waals surface area (Å²) < 4.78 is 10.9. The molecule has 0 atom stereocenters. The molecule has 0 saturated carbocycles. The summed E-state index contributed by atoms with van der Waals surface area (Å²) in [6.07, 6.45) is 2.18. The summed E-state index contributed by atoms with van der Waals surface area (Å²) in [5.74, 6) is 0.684. The quantitative estimate of drug-likeness (QED) is 0.592. The highest BCUT2D eigenvalue weighted by atomic mass is 16.5. The zero-order chi connectivity index (χ0) is 21.6. The number of ether oxygens (including phenoxy) is 1. The fraction of sp³-hybridized carbons (Fsp3) is 0.333. The number of amides is 1. The molecule has 0 bridgehead atoms. The van der Waals surface area contributed by atoms with Gasteiger partial charge in [0.15, 0.2) is 5.43 Å². The minimum absolute atomic E-state index is 0.150. The molecule has 4 rings (SSSR count). The van der Waals surface area contributed by atoms with E-state index in [9.17, 15) is 9.59 Å². The van der Waals surface area contributed by atoms with Crippen molar-refractivity contribution in [2.45, 2.75) is 6.42 Å². The number of para-hydroxylation sites is 3. The molecule has 0 unspecified atom stereocenters. The summed E-state index contributed by atoms with van der Waals surface area (Å²) in [5, 5.41) is 3.36. The van der Waals surface area contributed by atoms with Crippen LogP contribution in [-0.2, 0) is 0 Å². The minimum Gasteiger partial charge on any atom is -0.495 e. The first-order valence-corrected chi connectivity index (χ1v) is 10.6. The second kappa shape index (κ2) is 9.66. The predicted octanol–water partition coefficient (Wildman–Crippen LogP) is 2.74. The lowest BCUT2D eigenvalue weighted by Gasteiger charge is -2.36. The lowest BCUT2D eigenvalue weighted by molar-refractivity contribution is 0.0952. The molecule has 1 amide bonds. The number of anilines is 1. The monoisotopic (exact) mass is 421 g/mol. The van der Waals surface area contributed by atoms with Gasteiger partial charge in [0.2, 0.25) is 0 Å². The van der Waals surface area contributed by atoms with Crippen LogP contribution < -0.4 is 20.4 Å². The van der Waals surface area contributed by atoms with Gasteiger partial charge in [0.05, 0.1) is 30.0 Å². The van der Waals surface area contributed by atoms with Crippen LogP contribution in [-0.4, -0.2) is 57.2 Å². The number of benzene rings is 2. The molecule has 2 heterocycles.